The molecule has 1 aliphatic carbocycles. The molecule has 0 aromatic carbocycles. The van der Waals surface area contributed by atoms with E-state index in [0.29, 0.717) is 5.69 Å². The summed E-state index contributed by atoms with van der Waals surface area (Å²) in [5.41, 5.74) is 0.392. The number of carbonyl (C=O) groups excluding carboxylic acids is 1. The van der Waals surface area contributed by atoms with Crippen LogP contribution < -0.4 is 5.32 Å². The van der Waals surface area contributed by atoms with Gasteiger partial charge in [-0.3, -0.25) is 4.79 Å². The maximum atomic E-state index is 11.4. The summed E-state index contributed by atoms with van der Waals surface area (Å²) in [6.07, 6.45) is 5.29. The molecule has 4 heteroatoms. The van der Waals surface area contributed by atoms with E-state index in [-0.39, 0.29) is 5.91 Å². The second-order valence-electron chi connectivity index (χ2n) is 3.60. The van der Waals surface area contributed by atoms with Crippen molar-refractivity contribution in [3.8, 4) is 0 Å². The molecule has 1 amide bonds. The minimum Gasteiger partial charge on any atom is -0.351 e. The Balaban J connectivity index is 1.77. The fourth-order valence-corrected chi connectivity index (χ4v) is 1.31. The molecular weight excluding hydrogens is 178 g/mol. The van der Waals surface area contributed by atoms with Crippen LogP contribution in [-0.4, -0.2) is 22.6 Å². The third-order valence-corrected chi connectivity index (χ3v) is 2.34. The predicted molar refractivity (Wildman–Crippen MR) is 51.7 cm³/mol. The van der Waals surface area contributed by atoms with E-state index >= 15 is 0 Å². The van der Waals surface area contributed by atoms with Crippen LogP contribution in [0.1, 0.15) is 29.8 Å². The molecule has 1 aliphatic rings. The summed E-state index contributed by atoms with van der Waals surface area (Å²) in [4.78, 5) is 11.4. The van der Waals surface area contributed by atoms with E-state index in [1.165, 1.54) is 12.8 Å². The number of amides is 1. The second kappa shape index (κ2) is 4.17. The molecule has 74 valence electrons. The van der Waals surface area contributed by atoms with E-state index in [4.69, 9.17) is 0 Å². The van der Waals surface area contributed by atoms with Crippen molar-refractivity contribution in [3.05, 3.63) is 24.0 Å². The molecule has 0 spiro atoms. The Kier molecular flexibility index (Phi) is 2.72. The lowest BCUT2D eigenvalue weighted by Crippen LogP contribution is -2.25. The molecule has 1 aromatic heterocycles. The summed E-state index contributed by atoms with van der Waals surface area (Å²) in [6, 6.07) is 3.38. The van der Waals surface area contributed by atoms with E-state index in [2.05, 4.69) is 15.5 Å². The van der Waals surface area contributed by atoms with Gasteiger partial charge >= 0.3 is 0 Å². The van der Waals surface area contributed by atoms with Gasteiger partial charge in [0.1, 0.15) is 0 Å². The molecular formula is C10H13N3O. The zero-order valence-electron chi connectivity index (χ0n) is 7.94. The van der Waals surface area contributed by atoms with Gasteiger partial charge in [-0.05, 0) is 24.5 Å². The van der Waals surface area contributed by atoms with Gasteiger partial charge in [-0.2, -0.15) is 5.10 Å². The highest BCUT2D eigenvalue weighted by atomic mass is 16.1. The number of carbonyl (C=O) groups is 1. The first-order valence-corrected chi connectivity index (χ1v) is 4.92. The van der Waals surface area contributed by atoms with E-state index in [0.717, 1.165) is 18.9 Å². The monoisotopic (exact) mass is 191 g/mol. The van der Waals surface area contributed by atoms with Gasteiger partial charge in [0.25, 0.3) is 5.91 Å². The Morgan fingerprint density at radius 1 is 1.57 bits per heavy atom. The molecule has 0 unspecified atom stereocenters. The summed E-state index contributed by atoms with van der Waals surface area (Å²) in [5.74, 6) is 0.718. The van der Waals surface area contributed by atoms with Crippen molar-refractivity contribution < 1.29 is 4.79 Å². The molecule has 0 atom stereocenters. The first kappa shape index (κ1) is 9.12. The smallest absolute Gasteiger partial charge is 0.271 e. The molecule has 1 heterocycles. The van der Waals surface area contributed by atoms with Gasteiger partial charge in [0.05, 0.1) is 0 Å². The third-order valence-electron chi connectivity index (χ3n) is 2.34. The lowest BCUT2D eigenvalue weighted by molar-refractivity contribution is 0.0946. The number of hydrogen-bond donors (Lipinski definition) is 1. The van der Waals surface area contributed by atoms with Crippen LogP contribution in [0.15, 0.2) is 18.3 Å². The van der Waals surface area contributed by atoms with Crippen LogP contribution in [0.4, 0.5) is 0 Å². The topological polar surface area (TPSA) is 54.9 Å². The minimum atomic E-state index is -0.126. The number of rotatable bonds is 4. The van der Waals surface area contributed by atoms with Crippen molar-refractivity contribution in [1.82, 2.24) is 15.5 Å². The van der Waals surface area contributed by atoms with Crippen molar-refractivity contribution in [2.24, 2.45) is 5.92 Å². The fraction of sp³-hybridized carbons (Fsp3) is 0.500. The molecule has 1 N–H and O–H groups in total. The molecule has 1 aromatic rings. The molecule has 0 aliphatic heterocycles. The normalized spacial score (nSPS) is 15.1. The van der Waals surface area contributed by atoms with Gasteiger partial charge in [0.2, 0.25) is 0 Å². The SMILES string of the molecule is O=C(NCCC1CC1)c1cccnn1. The van der Waals surface area contributed by atoms with Gasteiger partial charge in [0.15, 0.2) is 5.69 Å². The summed E-state index contributed by atoms with van der Waals surface area (Å²) in [5, 5.41) is 10.2. The van der Waals surface area contributed by atoms with Crippen LogP contribution in [0.3, 0.4) is 0 Å². The van der Waals surface area contributed by atoms with Crippen LogP contribution in [0, 0.1) is 5.92 Å². The molecule has 2 rings (SSSR count). The van der Waals surface area contributed by atoms with Crippen molar-refractivity contribution in [2.75, 3.05) is 6.54 Å². The average molecular weight is 191 g/mol. The second-order valence-corrected chi connectivity index (χ2v) is 3.60. The van der Waals surface area contributed by atoms with E-state index in [1.807, 2.05) is 0 Å². The van der Waals surface area contributed by atoms with Gasteiger partial charge in [-0.1, -0.05) is 12.8 Å². The van der Waals surface area contributed by atoms with Crippen molar-refractivity contribution in [1.29, 1.82) is 0 Å². The Bertz CT molecular complexity index is 308. The van der Waals surface area contributed by atoms with Crippen LogP contribution in [0.2, 0.25) is 0 Å². The molecule has 0 radical (unpaired) electrons. The van der Waals surface area contributed by atoms with E-state index < -0.39 is 0 Å². The Hall–Kier alpha value is -1.45. The maximum Gasteiger partial charge on any atom is 0.271 e. The Morgan fingerprint density at radius 2 is 2.43 bits per heavy atom. The van der Waals surface area contributed by atoms with Gasteiger partial charge in [-0.25, -0.2) is 0 Å². The van der Waals surface area contributed by atoms with Crippen molar-refractivity contribution in [2.45, 2.75) is 19.3 Å². The maximum absolute atomic E-state index is 11.4. The highest BCUT2D eigenvalue weighted by molar-refractivity contribution is 5.91. The van der Waals surface area contributed by atoms with E-state index in [9.17, 15) is 4.79 Å². The standard InChI is InChI=1S/C10H13N3O/c14-10(9-2-1-6-12-13-9)11-7-5-8-3-4-8/h1-2,6,8H,3-5,7H2,(H,11,14). The highest BCUT2D eigenvalue weighted by Gasteiger charge is 2.20. The average Bonchev–Trinajstić information content (AvgIpc) is 3.03. The zero-order valence-corrected chi connectivity index (χ0v) is 7.94. The van der Waals surface area contributed by atoms with Crippen molar-refractivity contribution in [3.63, 3.8) is 0 Å². The fourth-order valence-electron chi connectivity index (χ4n) is 1.31. The number of nitrogens with one attached hydrogen (secondary N) is 1. The minimum absolute atomic E-state index is 0.126. The number of aromatic nitrogens is 2. The lowest BCUT2D eigenvalue weighted by Gasteiger charge is -2.02. The van der Waals surface area contributed by atoms with Gasteiger partial charge in [0, 0.05) is 12.7 Å². The summed E-state index contributed by atoms with van der Waals surface area (Å²) in [6.45, 7) is 0.750. The van der Waals surface area contributed by atoms with Crippen LogP contribution in [0.25, 0.3) is 0 Å². The third kappa shape index (κ3) is 2.52. The summed E-state index contributed by atoms with van der Waals surface area (Å²) >= 11 is 0. The first-order chi connectivity index (χ1) is 6.86. The Labute approximate surface area is 82.7 Å². The zero-order chi connectivity index (χ0) is 9.80. The molecule has 1 fully saturated rings. The molecule has 0 bridgehead atoms. The predicted octanol–water partition coefficient (Wildman–Crippen LogP) is 1.01. The number of hydrogen-bond acceptors (Lipinski definition) is 3. The summed E-state index contributed by atoms with van der Waals surface area (Å²) < 4.78 is 0. The van der Waals surface area contributed by atoms with Crippen LogP contribution in [-0.2, 0) is 0 Å². The van der Waals surface area contributed by atoms with E-state index in [1.54, 1.807) is 18.3 Å². The Morgan fingerprint density at radius 3 is 3.07 bits per heavy atom. The van der Waals surface area contributed by atoms with Gasteiger partial charge < -0.3 is 5.32 Å². The highest BCUT2D eigenvalue weighted by Crippen LogP contribution is 2.31. The molecule has 1 saturated carbocycles. The van der Waals surface area contributed by atoms with Crippen LogP contribution in [0.5, 0.6) is 0 Å². The summed E-state index contributed by atoms with van der Waals surface area (Å²) in [7, 11) is 0. The van der Waals surface area contributed by atoms with Crippen molar-refractivity contribution >= 4 is 5.91 Å². The molecule has 4 nitrogen and oxygen atoms in total. The lowest BCUT2D eigenvalue weighted by atomic mass is 10.3. The number of nitrogens with zero attached hydrogens (tertiary/aromatic N) is 2. The van der Waals surface area contributed by atoms with Crippen LogP contribution >= 0.6 is 0 Å². The molecule has 14 heavy (non-hydrogen) atoms. The quantitative estimate of drug-likeness (QED) is 0.772. The van der Waals surface area contributed by atoms with Gasteiger partial charge in [-0.15, -0.1) is 5.10 Å². The largest absolute Gasteiger partial charge is 0.351 e. The molecule has 0 saturated heterocycles. The first-order valence-electron chi connectivity index (χ1n) is 4.92.